The molecule has 0 bridgehead atoms. The molecule has 1 heterocycles. The van der Waals surface area contributed by atoms with Gasteiger partial charge in [-0.15, -0.1) is 0 Å². The van der Waals surface area contributed by atoms with Crippen molar-refractivity contribution in [3.8, 4) is 0 Å². The fraction of sp³-hybridized carbons (Fsp3) is 0.857. The quantitative estimate of drug-likeness (QED) is 0.475. The molecule has 2 aliphatic rings. The molecule has 1 amide bonds. The van der Waals surface area contributed by atoms with Crippen molar-refractivity contribution >= 4 is 5.91 Å². The summed E-state index contributed by atoms with van der Waals surface area (Å²) in [6, 6.07) is 0. The molecule has 0 atom stereocenters. The molecule has 0 unspecified atom stereocenters. The van der Waals surface area contributed by atoms with E-state index in [0.29, 0.717) is 0 Å². The third-order valence-corrected chi connectivity index (χ3v) is 2.51. The summed E-state index contributed by atoms with van der Waals surface area (Å²) < 4.78 is 5.14. The van der Waals surface area contributed by atoms with Crippen LogP contribution in [0.1, 0.15) is 12.8 Å². The third kappa shape index (κ3) is 0.669. The maximum Gasteiger partial charge on any atom is 0.248 e. The number of likely N-dealkylation sites (N-methyl/N-ethyl adjacent to an activating group) is 1. The van der Waals surface area contributed by atoms with Crippen LogP contribution in [0.15, 0.2) is 0 Å². The number of rotatable bonds is 0. The number of morpholine rings is 1. The molecule has 1 spiro atoms. The van der Waals surface area contributed by atoms with E-state index in [0.717, 1.165) is 19.4 Å². The number of hydrogen-bond acceptors (Lipinski definition) is 2. The van der Waals surface area contributed by atoms with Crippen molar-refractivity contribution in [1.82, 2.24) is 4.90 Å². The number of carbonyl (C=O) groups is 1. The van der Waals surface area contributed by atoms with Gasteiger partial charge in [-0.2, -0.15) is 0 Å². The van der Waals surface area contributed by atoms with Gasteiger partial charge in [-0.3, -0.25) is 4.79 Å². The Hall–Kier alpha value is -0.570. The second kappa shape index (κ2) is 1.72. The Morgan fingerprint density at radius 2 is 2.30 bits per heavy atom. The summed E-state index contributed by atoms with van der Waals surface area (Å²) in [6.07, 6.45) is 2.24. The van der Waals surface area contributed by atoms with E-state index in [-0.39, 0.29) is 18.1 Å². The number of amides is 1. The van der Waals surface area contributed by atoms with Gasteiger partial charge in [0.2, 0.25) is 5.91 Å². The van der Waals surface area contributed by atoms with Crippen molar-refractivity contribution < 1.29 is 9.53 Å². The van der Waals surface area contributed by atoms with Crippen LogP contribution in [0.5, 0.6) is 0 Å². The lowest BCUT2D eigenvalue weighted by molar-refractivity contribution is -0.147. The summed E-state index contributed by atoms with van der Waals surface area (Å²) in [4.78, 5) is 12.9. The van der Waals surface area contributed by atoms with Gasteiger partial charge in [0.1, 0.15) is 6.61 Å². The monoisotopic (exact) mass is 141 g/mol. The summed E-state index contributed by atoms with van der Waals surface area (Å²) >= 11 is 0. The molecule has 1 aliphatic carbocycles. The second-order valence-corrected chi connectivity index (χ2v) is 3.17. The van der Waals surface area contributed by atoms with Crippen molar-refractivity contribution in [3.63, 3.8) is 0 Å². The van der Waals surface area contributed by atoms with E-state index in [1.54, 1.807) is 0 Å². The van der Waals surface area contributed by atoms with Crippen LogP contribution in [0, 0.1) is 0 Å². The summed E-state index contributed by atoms with van der Waals surface area (Å²) in [5.74, 6) is 0.128. The summed E-state index contributed by atoms with van der Waals surface area (Å²) in [5.41, 5.74) is 0.120. The van der Waals surface area contributed by atoms with Gasteiger partial charge in [0.25, 0.3) is 0 Å². The molecule has 0 aromatic carbocycles. The second-order valence-electron chi connectivity index (χ2n) is 3.17. The highest BCUT2D eigenvalue weighted by Crippen LogP contribution is 2.42. The first-order valence-electron chi connectivity index (χ1n) is 3.59. The first-order valence-corrected chi connectivity index (χ1v) is 3.59. The zero-order valence-corrected chi connectivity index (χ0v) is 6.09. The lowest BCUT2D eigenvalue weighted by atomic mass is 10.2. The summed E-state index contributed by atoms with van der Waals surface area (Å²) in [7, 11) is 1.87. The van der Waals surface area contributed by atoms with Gasteiger partial charge >= 0.3 is 0 Å². The molecule has 3 nitrogen and oxygen atoms in total. The van der Waals surface area contributed by atoms with Gasteiger partial charge in [0, 0.05) is 7.05 Å². The van der Waals surface area contributed by atoms with Crippen molar-refractivity contribution in [2.75, 3.05) is 20.3 Å². The standard InChI is InChI=1S/C7H11NO2/c1-8-6(9)4-10-5-7(8)2-3-7/h2-5H2,1H3. The fourth-order valence-corrected chi connectivity index (χ4v) is 1.41. The Labute approximate surface area is 60.0 Å². The van der Waals surface area contributed by atoms with Crippen LogP contribution < -0.4 is 0 Å². The lowest BCUT2D eigenvalue weighted by Crippen LogP contribution is -2.48. The summed E-state index contributed by atoms with van der Waals surface area (Å²) in [5, 5.41) is 0. The van der Waals surface area contributed by atoms with Gasteiger partial charge in [-0.1, -0.05) is 0 Å². The first kappa shape index (κ1) is 6.16. The largest absolute Gasteiger partial charge is 0.369 e. The van der Waals surface area contributed by atoms with E-state index in [2.05, 4.69) is 0 Å². The minimum absolute atomic E-state index is 0.120. The van der Waals surface area contributed by atoms with Crippen LogP contribution in [0.25, 0.3) is 0 Å². The molecule has 1 saturated carbocycles. The Morgan fingerprint density at radius 1 is 1.60 bits per heavy atom. The van der Waals surface area contributed by atoms with Crippen molar-refractivity contribution in [3.05, 3.63) is 0 Å². The van der Waals surface area contributed by atoms with E-state index in [4.69, 9.17) is 4.74 Å². The maximum atomic E-state index is 11.1. The Balaban J connectivity index is 2.15. The molecule has 2 fully saturated rings. The normalized spacial score (nSPS) is 29.3. The van der Waals surface area contributed by atoms with Gasteiger partial charge < -0.3 is 9.64 Å². The van der Waals surface area contributed by atoms with E-state index in [1.165, 1.54) is 0 Å². The molecular weight excluding hydrogens is 130 g/mol. The number of hydrogen-bond donors (Lipinski definition) is 0. The topological polar surface area (TPSA) is 29.5 Å². The fourth-order valence-electron chi connectivity index (χ4n) is 1.41. The highest BCUT2D eigenvalue weighted by Gasteiger charge is 2.50. The van der Waals surface area contributed by atoms with Crippen LogP contribution in [-0.4, -0.2) is 36.6 Å². The van der Waals surface area contributed by atoms with Crippen LogP contribution in [0.4, 0.5) is 0 Å². The van der Waals surface area contributed by atoms with Gasteiger partial charge in [-0.25, -0.2) is 0 Å². The molecule has 0 aromatic rings. The minimum Gasteiger partial charge on any atom is -0.369 e. The molecule has 1 saturated heterocycles. The van der Waals surface area contributed by atoms with Crippen LogP contribution in [0.3, 0.4) is 0 Å². The van der Waals surface area contributed by atoms with E-state index < -0.39 is 0 Å². The Kier molecular flexibility index (Phi) is 1.06. The average Bonchev–Trinajstić information content (AvgIpc) is 2.65. The Morgan fingerprint density at radius 3 is 2.80 bits per heavy atom. The molecular formula is C7H11NO2. The highest BCUT2D eigenvalue weighted by atomic mass is 16.5. The van der Waals surface area contributed by atoms with Crippen LogP contribution in [-0.2, 0) is 9.53 Å². The number of nitrogens with zero attached hydrogens (tertiary/aromatic N) is 1. The third-order valence-electron chi connectivity index (χ3n) is 2.51. The van der Waals surface area contributed by atoms with Crippen molar-refractivity contribution in [1.29, 1.82) is 0 Å². The van der Waals surface area contributed by atoms with Crippen molar-refractivity contribution in [2.24, 2.45) is 0 Å². The van der Waals surface area contributed by atoms with Gasteiger partial charge in [0.15, 0.2) is 0 Å². The van der Waals surface area contributed by atoms with Gasteiger partial charge in [-0.05, 0) is 12.8 Å². The SMILES string of the molecule is CN1C(=O)COCC12CC2. The molecule has 0 N–H and O–H groups in total. The summed E-state index contributed by atoms with van der Waals surface area (Å²) in [6.45, 7) is 1.02. The predicted octanol–water partition coefficient (Wildman–Crippen LogP) is 0.00760. The maximum absolute atomic E-state index is 11.1. The van der Waals surface area contributed by atoms with Crippen LogP contribution >= 0.6 is 0 Å². The molecule has 56 valence electrons. The van der Waals surface area contributed by atoms with E-state index in [1.807, 2.05) is 11.9 Å². The average molecular weight is 141 g/mol. The van der Waals surface area contributed by atoms with E-state index in [9.17, 15) is 4.79 Å². The Bertz CT molecular complexity index is 174. The van der Waals surface area contributed by atoms with E-state index >= 15 is 0 Å². The smallest absolute Gasteiger partial charge is 0.248 e. The molecule has 1 aliphatic heterocycles. The first-order chi connectivity index (χ1) is 4.75. The number of ether oxygens (including phenoxy) is 1. The molecule has 3 heteroatoms. The molecule has 0 aromatic heterocycles. The lowest BCUT2D eigenvalue weighted by Gasteiger charge is -2.32. The highest BCUT2D eigenvalue weighted by molar-refractivity contribution is 5.79. The minimum atomic E-state index is 0.120. The number of carbonyl (C=O) groups excluding carboxylic acids is 1. The predicted molar refractivity (Wildman–Crippen MR) is 35.6 cm³/mol. The molecule has 0 radical (unpaired) electrons. The zero-order valence-electron chi connectivity index (χ0n) is 6.09. The van der Waals surface area contributed by atoms with Crippen LogP contribution in [0.2, 0.25) is 0 Å². The zero-order chi connectivity index (χ0) is 7.19. The molecule has 2 rings (SSSR count). The molecule has 10 heavy (non-hydrogen) atoms. The van der Waals surface area contributed by atoms with Gasteiger partial charge in [0.05, 0.1) is 12.1 Å². The van der Waals surface area contributed by atoms with Crippen molar-refractivity contribution in [2.45, 2.75) is 18.4 Å².